The van der Waals surface area contributed by atoms with Gasteiger partial charge in [-0.05, 0) is 49.9 Å². The van der Waals surface area contributed by atoms with Crippen molar-refractivity contribution >= 4 is 23.2 Å². The van der Waals surface area contributed by atoms with E-state index in [1.807, 2.05) is 0 Å². The van der Waals surface area contributed by atoms with Crippen molar-refractivity contribution in [1.29, 1.82) is 0 Å². The van der Waals surface area contributed by atoms with E-state index in [2.05, 4.69) is 10.3 Å². The van der Waals surface area contributed by atoms with E-state index in [0.717, 1.165) is 36.0 Å². The molecule has 0 unspecified atom stereocenters. The molecule has 1 aromatic heterocycles. The molecule has 2 heterocycles. The summed E-state index contributed by atoms with van der Waals surface area (Å²) in [5, 5.41) is 4.57. The van der Waals surface area contributed by atoms with E-state index in [1.54, 1.807) is 12.3 Å². The minimum Gasteiger partial charge on any atom is -0.317 e. The van der Waals surface area contributed by atoms with Gasteiger partial charge in [0.05, 0.1) is 0 Å². The summed E-state index contributed by atoms with van der Waals surface area (Å²) in [5.74, 6) is 0.728. The molecule has 0 aliphatic carbocycles. The van der Waals surface area contributed by atoms with E-state index in [-0.39, 0.29) is 0 Å². The lowest BCUT2D eigenvalue weighted by Gasteiger charge is -2.22. The summed E-state index contributed by atoms with van der Waals surface area (Å²) in [6.45, 7) is 2.23. The lowest BCUT2D eigenvalue weighted by molar-refractivity contribution is 0.372. The second kappa shape index (κ2) is 5.15. The number of rotatable bonds is 2. The van der Waals surface area contributed by atoms with Crippen LogP contribution in [-0.2, 0) is 6.42 Å². The van der Waals surface area contributed by atoms with Gasteiger partial charge >= 0.3 is 0 Å². The first-order chi connectivity index (χ1) is 7.25. The lowest BCUT2D eigenvalue weighted by Crippen LogP contribution is -2.28. The molecular weight excluding hydrogens is 231 g/mol. The number of hydrogen-bond acceptors (Lipinski definition) is 2. The van der Waals surface area contributed by atoms with Gasteiger partial charge in [-0.1, -0.05) is 23.2 Å². The Morgan fingerprint density at radius 1 is 1.33 bits per heavy atom. The second-order valence-corrected chi connectivity index (χ2v) is 4.79. The SMILES string of the molecule is Clc1cc(Cl)c(CC2CCNCC2)cn1. The molecule has 0 bridgehead atoms. The van der Waals surface area contributed by atoms with Crippen molar-refractivity contribution < 1.29 is 0 Å². The van der Waals surface area contributed by atoms with E-state index in [9.17, 15) is 0 Å². The minimum absolute atomic E-state index is 0.467. The van der Waals surface area contributed by atoms with Gasteiger partial charge in [0.15, 0.2) is 0 Å². The number of nitrogens with zero attached hydrogens (tertiary/aromatic N) is 1. The second-order valence-electron chi connectivity index (χ2n) is 4.00. The van der Waals surface area contributed by atoms with E-state index >= 15 is 0 Å². The third-order valence-corrected chi connectivity index (χ3v) is 3.42. The Hall–Kier alpha value is -0.310. The highest BCUT2D eigenvalue weighted by Crippen LogP contribution is 2.24. The van der Waals surface area contributed by atoms with Gasteiger partial charge in [0, 0.05) is 11.2 Å². The van der Waals surface area contributed by atoms with Crippen molar-refractivity contribution in [3.8, 4) is 0 Å². The van der Waals surface area contributed by atoms with Gasteiger partial charge in [0.1, 0.15) is 5.15 Å². The van der Waals surface area contributed by atoms with Gasteiger partial charge in [-0.2, -0.15) is 0 Å². The molecule has 82 valence electrons. The highest BCUT2D eigenvalue weighted by molar-refractivity contribution is 6.34. The van der Waals surface area contributed by atoms with Crippen molar-refractivity contribution in [3.63, 3.8) is 0 Å². The quantitative estimate of drug-likeness (QED) is 0.810. The molecule has 0 atom stereocenters. The Bertz CT molecular complexity index is 335. The molecule has 2 nitrogen and oxygen atoms in total. The fourth-order valence-electron chi connectivity index (χ4n) is 1.98. The molecular formula is C11H14Cl2N2. The van der Waals surface area contributed by atoms with Crippen LogP contribution in [0.5, 0.6) is 0 Å². The van der Waals surface area contributed by atoms with Crippen LogP contribution < -0.4 is 5.32 Å². The molecule has 1 aliphatic heterocycles. The monoisotopic (exact) mass is 244 g/mol. The Morgan fingerprint density at radius 2 is 2.07 bits per heavy atom. The summed E-state index contributed by atoms with van der Waals surface area (Å²) >= 11 is 11.9. The van der Waals surface area contributed by atoms with Gasteiger partial charge < -0.3 is 5.32 Å². The summed E-state index contributed by atoms with van der Waals surface area (Å²) in [5.41, 5.74) is 1.12. The number of hydrogen-bond donors (Lipinski definition) is 1. The van der Waals surface area contributed by atoms with E-state index < -0.39 is 0 Å². The molecule has 2 rings (SSSR count). The van der Waals surface area contributed by atoms with Crippen LogP contribution in [0, 0.1) is 5.92 Å². The van der Waals surface area contributed by atoms with Crippen LogP contribution in [0.25, 0.3) is 0 Å². The molecule has 15 heavy (non-hydrogen) atoms. The molecule has 1 fully saturated rings. The van der Waals surface area contributed by atoms with Gasteiger partial charge in [-0.25, -0.2) is 4.98 Å². The number of aromatic nitrogens is 1. The van der Waals surface area contributed by atoms with Gasteiger partial charge in [0.2, 0.25) is 0 Å². The maximum atomic E-state index is 6.11. The Labute approximate surface area is 100.0 Å². The molecule has 0 radical (unpaired) electrons. The number of halogens is 2. The van der Waals surface area contributed by atoms with Crippen molar-refractivity contribution in [1.82, 2.24) is 10.3 Å². The Kier molecular flexibility index (Phi) is 3.84. The first-order valence-corrected chi connectivity index (χ1v) is 6.02. The third kappa shape index (κ3) is 3.07. The average molecular weight is 245 g/mol. The van der Waals surface area contributed by atoms with Gasteiger partial charge in [-0.15, -0.1) is 0 Å². The van der Waals surface area contributed by atoms with Crippen molar-refractivity contribution in [3.05, 3.63) is 28.0 Å². The Balaban J connectivity index is 2.03. The topological polar surface area (TPSA) is 24.9 Å². The zero-order valence-electron chi connectivity index (χ0n) is 8.47. The average Bonchev–Trinajstić information content (AvgIpc) is 2.24. The van der Waals surface area contributed by atoms with Crippen LogP contribution in [0.4, 0.5) is 0 Å². The summed E-state index contributed by atoms with van der Waals surface area (Å²) in [6.07, 6.45) is 5.26. The number of nitrogens with one attached hydrogen (secondary N) is 1. The standard InChI is InChI=1S/C11H14Cl2N2/c12-10-6-11(13)15-7-9(10)5-8-1-3-14-4-2-8/h6-8,14H,1-5H2. The molecule has 1 aromatic rings. The molecule has 1 saturated heterocycles. The van der Waals surface area contributed by atoms with Gasteiger partial charge in [0.25, 0.3) is 0 Å². The van der Waals surface area contributed by atoms with Crippen LogP contribution >= 0.6 is 23.2 Å². The predicted molar refractivity (Wildman–Crippen MR) is 63.6 cm³/mol. The van der Waals surface area contributed by atoms with Crippen molar-refractivity contribution in [2.75, 3.05) is 13.1 Å². The molecule has 0 spiro atoms. The number of piperidine rings is 1. The summed E-state index contributed by atoms with van der Waals surface area (Å²) < 4.78 is 0. The summed E-state index contributed by atoms with van der Waals surface area (Å²) in [6, 6.07) is 1.72. The maximum Gasteiger partial charge on any atom is 0.130 e. The number of pyridine rings is 1. The molecule has 4 heteroatoms. The molecule has 0 saturated carbocycles. The maximum absolute atomic E-state index is 6.11. The van der Waals surface area contributed by atoms with Crippen LogP contribution in [0.2, 0.25) is 10.2 Å². The summed E-state index contributed by atoms with van der Waals surface area (Å²) in [7, 11) is 0. The molecule has 0 aromatic carbocycles. The van der Waals surface area contributed by atoms with Crippen LogP contribution in [-0.4, -0.2) is 18.1 Å². The molecule has 0 amide bonds. The zero-order chi connectivity index (χ0) is 10.7. The van der Waals surface area contributed by atoms with E-state index in [1.165, 1.54) is 12.8 Å². The van der Waals surface area contributed by atoms with Crippen LogP contribution in [0.1, 0.15) is 18.4 Å². The van der Waals surface area contributed by atoms with Gasteiger partial charge in [-0.3, -0.25) is 0 Å². The minimum atomic E-state index is 0.467. The lowest BCUT2D eigenvalue weighted by atomic mass is 9.92. The first-order valence-electron chi connectivity index (χ1n) is 5.26. The molecule has 1 N–H and O–H groups in total. The first kappa shape index (κ1) is 11.2. The van der Waals surface area contributed by atoms with Crippen molar-refractivity contribution in [2.24, 2.45) is 5.92 Å². The Morgan fingerprint density at radius 3 is 2.73 bits per heavy atom. The normalized spacial score (nSPS) is 18.0. The fraction of sp³-hybridized carbons (Fsp3) is 0.545. The highest BCUT2D eigenvalue weighted by Gasteiger charge is 2.15. The van der Waals surface area contributed by atoms with E-state index in [4.69, 9.17) is 23.2 Å². The smallest absolute Gasteiger partial charge is 0.130 e. The van der Waals surface area contributed by atoms with E-state index in [0.29, 0.717) is 5.15 Å². The van der Waals surface area contributed by atoms with Crippen LogP contribution in [0.15, 0.2) is 12.3 Å². The predicted octanol–water partition coefficient (Wildman–Crippen LogP) is 2.93. The molecule has 1 aliphatic rings. The van der Waals surface area contributed by atoms with Crippen LogP contribution in [0.3, 0.4) is 0 Å². The highest BCUT2D eigenvalue weighted by atomic mass is 35.5. The van der Waals surface area contributed by atoms with Crippen molar-refractivity contribution in [2.45, 2.75) is 19.3 Å². The third-order valence-electron chi connectivity index (χ3n) is 2.86. The fourth-order valence-corrected chi connectivity index (χ4v) is 2.43. The zero-order valence-corrected chi connectivity index (χ0v) is 9.98. The summed E-state index contributed by atoms with van der Waals surface area (Å²) in [4.78, 5) is 4.07. The largest absolute Gasteiger partial charge is 0.317 e.